The predicted octanol–water partition coefficient (Wildman–Crippen LogP) is 4.59. The Morgan fingerprint density at radius 2 is 1.95 bits per heavy atom. The number of benzene rings is 2. The average molecular weight is 524 g/mol. The number of likely N-dealkylation sites (N-methyl/N-ethyl adjacent to an activating group) is 1. The molecule has 0 aliphatic carbocycles. The Balaban J connectivity index is 1.79. The van der Waals surface area contributed by atoms with Crippen LogP contribution in [-0.4, -0.2) is 60.6 Å². The molecule has 2 heterocycles. The van der Waals surface area contributed by atoms with Gasteiger partial charge in [-0.3, -0.25) is 4.79 Å². The monoisotopic (exact) mass is 523 g/mol. The van der Waals surface area contributed by atoms with E-state index >= 15 is 0 Å². The first-order valence-corrected chi connectivity index (χ1v) is 12.7. The van der Waals surface area contributed by atoms with Gasteiger partial charge >= 0.3 is 0 Å². The molecule has 0 saturated carbocycles. The predicted molar refractivity (Wildman–Crippen MR) is 148 cm³/mol. The molecule has 2 atom stereocenters. The summed E-state index contributed by atoms with van der Waals surface area (Å²) in [7, 11) is 3.32. The van der Waals surface area contributed by atoms with E-state index in [0.717, 1.165) is 22.3 Å². The maximum atomic E-state index is 14.0. The number of ether oxygens (including phenoxy) is 1. The van der Waals surface area contributed by atoms with Gasteiger partial charge < -0.3 is 24.7 Å². The Hall–Kier alpha value is -3.13. The van der Waals surface area contributed by atoms with Gasteiger partial charge in [0.25, 0.3) is 0 Å². The number of β-amino-alcohol motifs (C(OH)–C–C–N with tert-alkyl or cyclic N) is 1. The first-order valence-electron chi connectivity index (χ1n) is 12.3. The van der Waals surface area contributed by atoms with Crippen molar-refractivity contribution in [2.24, 2.45) is 0 Å². The number of halogens is 1. The average Bonchev–Trinajstić information content (AvgIpc) is 3.28. The second kappa shape index (κ2) is 10.7. The summed E-state index contributed by atoms with van der Waals surface area (Å²) in [5.41, 5.74) is 3.37. The highest BCUT2D eigenvalue weighted by molar-refractivity contribution is 6.30. The van der Waals surface area contributed by atoms with Crippen LogP contribution in [0.2, 0.25) is 5.02 Å². The van der Waals surface area contributed by atoms with E-state index in [0.29, 0.717) is 35.2 Å². The number of amides is 1. The van der Waals surface area contributed by atoms with Crippen LogP contribution in [0.5, 0.6) is 5.75 Å². The molecular formula is C29H34ClN3O4. The van der Waals surface area contributed by atoms with Crippen LogP contribution in [0.3, 0.4) is 0 Å². The summed E-state index contributed by atoms with van der Waals surface area (Å²) < 4.78 is 5.37. The number of nitrogens with zero attached hydrogens (tertiary/aromatic N) is 3. The molecule has 1 aliphatic rings. The number of hydrogen-bond acceptors (Lipinski definition) is 6. The van der Waals surface area contributed by atoms with Crippen molar-refractivity contribution >= 4 is 29.0 Å². The lowest BCUT2D eigenvalue weighted by atomic mass is 9.83. The number of aliphatic hydroxyl groups is 2. The number of anilines is 2. The third-order valence-corrected chi connectivity index (χ3v) is 7.45. The van der Waals surface area contributed by atoms with Crippen LogP contribution >= 0.6 is 11.6 Å². The number of aryl methyl sites for hydroxylation is 1. The third-order valence-electron chi connectivity index (χ3n) is 7.23. The van der Waals surface area contributed by atoms with E-state index in [1.165, 1.54) is 0 Å². The first kappa shape index (κ1) is 26.9. The second-order valence-electron chi connectivity index (χ2n) is 10.1. The summed E-state index contributed by atoms with van der Waals surface area (Å²) in [6.07, 6.45) is 1.65. The van der Waals surface area contributed by atoms with Gasteiger partial charge in [0.2, 0.25) is 5.91 Å². The molecule has 1 saturated heterocycles. The first-order chi connectivity index (χ1) is 17.6. The largest absolute Gasteiger partial charge is 0.497 e. The number of aromatic nitrogens is 1. The van der Waals surface area contributed by atoms with Crippen LogP contribution in [-0.2, 0) is 10.2 Å². The summed E-state index contributed by atoms with van der Waals surface area (Å²) in [4.78, 5) is 22.2. The minimum atomic E-state index is -0.907. The van der Waals surface area contributed by atoms with Crippen LogP contribution in [0.1, 0.15) is 31.4 Å². The maximum Gasteiger partial charge on any atom is 0.236 e. The van der Waals surface area contributed by atoms with Gasteiger partial charge in [-0.25, -0.2) is 4.98 Å². The van der Waals surface area contributed by atoms with Gasteiger partial charge in [-0.2, -0.15) is 0 Å². The van der Waals surface area contributed by atoms with E-state index in [2.05, 4.69) is 4.98 Å². The van der Waals surface area contributed by atoms with Crippen molar-refractivity contribution < 1.29 is 19.7 Å². The number of carbonyl (C=O) groups is 1. The maximum absolute atomic E-state index is 14.0. The highest BCUT2D eigenvalue weighted by atomic mass is 35.5. The molecular weight excluding hydrogens is 490 g/mol. The van der Waals surface area contributed by atoms with E-state index < -0.39 is 11.5 Å². The molecule has 2 aromatic carbocycles. The summed E-state index contributed by atoms with van der Waals surface area (Å²) in [5.74, 6) is 1.10. The molecule has 1 aliphatic heterocycles. The van der Waals surface area contributed by atoms with Gasteiger partial charge in [-0.05, 0) is 68.1 Å². The Kier molecular flexibility index (Phi) is 7.78. The molecule has 2 N–H and O–H groups in total. The Morgan fingerprint density at radius 1 is 1.22 bits per heavy atom. The van der Waals surface area contributed by atoms with E-state index in [1.807, 2.05) is 62.1 Å². The lowest BCUT2D eigenvalue weighted by Gasteiger charge is -2.32. The minimum Gasteiger partial charge on any atom is -0.497 e. The molecule has 1 amide bonds. The van der Waals surface area contributed by atoms with Crippen LogP contribution in [0.25, 0.3) is 11.1 Å². The molecule has 8 heteroatoms. The smallest absolute Gasteiger partial charge is 0.236 e. The molecule has 0 spiro atoms. The fourth-order valence-corrected chi connectivity index (χ4v) is 5.22. The molecule has 0 bridgehead atoms. The molecule has 3 aromatic rings. The van der Waals surface area contributed by atoms with Crippen molar-refractivity contribution in [3.05, 3.63) is 70.9 Å². The second-order valence-corrected chi connectivity index (χ2v) is 10.6. The molecule has 2 unspecified atom stereocenters. The van der Waals surface area contributed by atoms with Crippen molar-refractivity contribution in [3.63, 3.8) is 0 Å². The standard InChI is InChI=1S/C29H34ClN3O4/c1-18-8-6-7-9-24(18)25-14-27(33-16-22(35)13-21(33)17-34)31-15-26(25)32(4)28(36)29(2,3)19-10-20(30)12-23(11-19)37-5/h6-12,14-15,21-22,34-35H,13,16-17H2,1-5H3. The Labute approximate surface area is 223 Å². The molecule has 7 nitrogen and oxygen atoms in total. The van der Waals surface area contributed by atoms with Gasteiger partial charge in [-0.1, -0.05) is 35.9 Å². The summed E-state index contributed by atoms with van der Waals surface area (Å²) >= 11 is 6.32. The quantitative estimate of drug-likeness (QED) is 0.471. The summed E-state index contributed by atoms with van der Waals surface area (Å²) in [5, 5.41) is 20.6. The lowest BCUT2D eigenvalue weighted by Crippen LogP contribution is -2.42. The molecule has 1 aromatic heterocycles. The van der Waals surface area contributed by atoms with Crippen molar-refractivity contribution in [2.45, 2.75) is 44.8 Å². The fourth-order valence-electron chi connectivity index (χ4n) is 4.99. The van der Waals surface area contributed by atoms with Gasteiger partial charge in [-0.15, -0.1) is 0 Å². The summed E-state index contributed by atoms with van der Waals surface area (Å²) in [6.45, 7) is 6.08. The molecule has 37 heavy (non-hydrogen) atoms. The Bertz CT molecular complexity index is 1300. The fraction of sp³-hybridized carbons (Fsp3) is 0.379. The zero-order valence-corrected chi connectivity index (χ0v) is 22.7. The highest BCUT2D eigenvalue weighted by Crippen LogP contribution is 2.39. The lowest BCUT2D eigenvalue weighted by molar-refractivity contribution is -0.122. The molecule has 1 fully saturated rings. The molecule has 0 radical (unpaired) electrons. The van der Waals surface area contributed by atoms with E-state index in [9.17, 15) is 15.0 Å². The molecule has 4 rings (SSSR count). The van der Waals surface area contributed by atoms with Crippen molar-refractivity contribution in [2.75, 3.05) is 37.1 Å². The number of hydrogen-bond donors (Lipinski definition) is 2. The number of methoxy groups -OCH3 is 1. The van der Waals surface area contributed by atoms with E-state index in [-0.39, 0.29) is 18.6 Å². The van der Waals surface area contributed by atoms with Gasteiger partial charge in [0.05, 0.1) is 43.2 Å². The Morgan fingerprint density at radius 3 is 2.62 bits per heavy atom. The van der Waals surface area contributed by atoms with Crippen LogP contribution in [0, 0.1) is 6.92 Å². The van der Waals surface area contributed by atoms with Crippen LogP contribution in [0.15, 0.2) is 54.7 Å². The zero-order chi connectivity index (χ0) is 26.9. The normalized spacial score (nSPS) is 17.7. The number of rotatable bonds is 7. The van der Waals surface area contributed by atoms with Gasteiger partial charge in [0, 0.05) is 24.2 Å². The van der Waals surface area contributed by atoms with E-state index in [1.54, 1.807) is 37.4 Å². The third kappa shape index (κ3) is 5.30. The van der Waals surface area contributed by atoms with Gasteiger partial charge in [0.15, 0.2) is 0 Å². The van der Waals surface area contributed by atoms with Crippen LogP contribution in [0.4, 0.5) is 11.5 Å². The molecule has 196 valence electrons. The summed E-state index contributed by atoms with van der Waals surface area (Å²) in [6, 6.07) is 15.0. The van der Waals surface area contributed by atoms with E-state index in [4.69, 9.17) is 16.3 Å². The zero-order valence-electron chi connectivity index (χ0n) is 21.9. The van der Waals surface area contributed by atoms with Crippen molar-refractivity contribution in [1.29, 1.82) is 0 Å². The van der Waals surface area contributed by atoms with Crippen molar-refractivity contribution in [1.82, 2.24) is 4.98 Å². The van der Waals surface area contributed by atoms with Crippen molar-refractivity contribution in [3.8, 4) is 16.9 Å². The number of aliphatic hydroxyl groups excluding tert-OH is 2. The number of pyridine rings is 1. The van der Waals surface area contributed by atoms with Gasteiger partial charge in [0.1, 0.15) is 11.6 Å². The highest BCUT2D eigenvalue weighted by Gasteiger charge is 2.36. The van der Waals surface area contributed by atoms with Crippen LogP contribution < -0.4 is 14.5 Å². The number of carbonyl (C=O) groups excluding carboxylic acids is 1. The SMILES string of the molecule is COc1cc(Cl)cc(C(C)(C)C(=O)N(C)c2cnc(N3CC(O)CC3CO)cc2-c2ccccc2C)c1. The topological polar surface area (TPSA) is 86.1 Å². The minimum absolute atomic E-state index is 0.0735.